The highest BCUT2D eigenvalue weighted by atomic mass is 35.5. The highest BCUT2D eigenvalue weighted by molar-refractivity contribution is 5.85. The number of nitrogens with one attached hydrogen (secondary N) is 1. The number of rotatable bonds is 10. The standard InChI is InChI=1S/C32H35N5.ClH/c1-2-13-27-25(9-1)21-29-28(27)15-19-35-30(29)23-37(31-14-7-10-24-11-8-18-36-32(24)31)20-6-5-16-33-22-26-12-3-4-17-34-26;/h1-4,8-9,11-13,15,17-19,31,33H,5-7,10,14,16,20-23H2;1H. The third-order valence-corrected chi connectivity index (χ3v) is 7.86. The molecule has 3 heterocycles. The van der Waals surface area contributed by atoms with Crippen molar-refractivity contribution in [2.45, 2.75) is 57.7 Å². The third-order valence-electron chi connectivity index (χ3n) is 7.86. The smallest absolute Gasteiger partial charge is 0.0607 e. The van der Waals surface area contributed by atoms with Crippen molar-refractivity contribution in [3.05, 3.63) is 113 Å². The summed E-state index contributed by atoms with van der Waals surface area (Å²) >= 11 is 0. The van der Waals surface area contributed by atoms with E-state index in [1.807, 2.05) is 30.7 Å². The first-order valence-corrected chi connectivity index (χ1v) is 13.7. The van der Waals surface area contributed by atoms with E-state index in [4.69, 9.17) is 9.97 Å². The number of nitrogens with zero attached hydrogens (tertiary/aromatic N) is 4. The van der Waals surface area contributed by atoms with Crippen molar-refractivity contribution in [2.24, 2.45) is 0 Å². The lowest BCUT2D eigenvalue weighted by atomic mass is 9.90. The lowest BCUT2D eigenvalue weighted by Gasteiger charge is -2.35. The number of hydrogen-bond donors (Lipinski definition) is 1. The first kappa shape index (κ1) is 26.5. The molecule has 1 N–H and O–H groups in total. The van der Waals surface area contributed by atoms with Gasteiger partial charge in [0.1, 0.15) is 0 Å². The Kier molecular flexibility index (Phi) is 8.79. The Labute approximate surface area is 232 Å². The monoisotopic (exact) mass is 525 g/mol. The van der Waals surface area contributed by atoms with Crippen molar-refractivity contribution >= 4 is 12.4 Å². The van der Waals surface area contributed by atoms with Gasteiger partial charge in [-0.1, -0.05) is 36.4 Å². The normalized spacial score (nSPS) is 15.4. The Morgan fingerprint density at radius 2 is 1.68 bits per heavy atom. The molecule has 3 aromatic heterocycles. The Morgan fingerprint density at radius 3 is 2.61 bits per heavy atom. The van der Waals surface area contributed by atoms with Crippen LogP contribution in [0.15, 0.2) is 79.3 Å². The zero-order valence-electron chi connectivity index (χ0n) is 21.9. The van der Waals surface area contributed by atoms with Crippen molar-refractivity contribution in [1.82, 2.24) is 25.2 Å². The summed E-state index contributed by atoms with van der Waals surface area (Å²) in [4.78, 5) is 16.9. The first-order valence-electron chi connectivity index (χ1n) is 13.7. The summed E-state index contributed by atoms with van der Waals surface area (Å²) in [5.41, 5.74) is 10.6. The first-order chi connectivity index (χ1) is 18.4. The molecule has 1 unspecified atom stereocenters. The van der Waals surface area contributed by atoms with Crippen LogP contribution in [0, 0.1) is 0 Å². The third kappa shape index (κ3) is 5.80. The fourth-order valence-electron chi connectivity index (χ4n) is 6.01. The number of aromatic nitrogens is 3. The number of benzene rings is 1. The van der Waals surface area contributed by atoms with Crippen LogP contribution in [0.25, 0.3) is 11.1 Å². The van der Waals surface area contributed by atoms with E-state index < -0.39 is 0 Å². The van der Waals surface area contributed by atoms with Gasteiger partial charge >= 0.3 is 0 Å². The maximum atomic E-state index is 4.93. The van der Waals surface area contributed by atoms with Gasteiger partial charge < -0.3 is 5.32 Å². The molecule has 0 saturated heterocycles. The predicted octanol–water partition coefficient (Wildman–Crippen LogP) is 6.31. The minimum absolute atomic E-state index is 0. The van der Waals surface area contributed by atoms with Crippen LogP contribution < -0.4 is 5.32 Å². The summed E-state index contributed by atoms with van der Waals surface area (Å²) in [6, 6.07) is 21.8. The van der Waals surface area contributed by atoms with E-state index in [0.29, 0.717) is 6.04 Å². The molecule has 5 nitrogen and oxygen atoms in total. The molecular formula is C32H36ClN5. The average Bonchev–Trinajstić information content (AvgIpc) is 3.34. The van der Waals surface area contributed by atoms with Crippen LogP contribution in [-0.4, -0.2) is 32.9 Å². The molecule has 196 valence electrons. The molecule has 2 aliphatic carbocycles. The van der Waals surface area contributed by atoms with Crippen molar-refractivity contribution in [3.8, 4) is 11.1 Å². The van der Waals surface area contributed by atoms with Crippen molar-refractivity contribution in [1.29, 1.82) is 0 Å². The van der Waals surface area contributed by atoms with Gasteiger partial charge in [-0.2, -0.15) is 0 Å². The number of unbranched alkanes of at least 4 members (excludes halogenated alkanes) is 1. The van der Waals surface area contributed by atoms with E-state index >= 15 is 0 Å². The molecule has 1 aromatic carbocycles. The minimum atomic E-state index is 0. The summed E-state index contributed by atoms with van der Waals surface area (Å²) in [7, 11) is 0. The van der Waals surface area contributed by atoms with Crippen LogP contribution in [-0.2, 0) is 25.9 Å². The van der Waals surface area contributed by atoms with Crippen LogP contribution in [0.5, 0.6) is 0 Å². The molecule has 0 spiro atoms. The van der Waals surface area contributed by atoms with Gasteiger partial charge in [-0.15, -0.1) is 12.4 Å². The van der Waals surface area contributed by atoms with Gasteiger partial charge in [-0.05, 0) is 97.3 Å². The number of aryl methyl sites for hydroxylation is 1. The van der Waals surface area contributed by atoms with Gasteiger partial charge in [0.15, 0.2) is 0 Å². The minimum Gasteiger partial charge on any atom is -0.311 e. The van der Waals surface area contributed by atoms with Gasteiger partial charge in [0.2, 0.25) is 0 Å². The zero-order valence-corrected chi connectivity index (χ0v) is 22.7. The molecule has 0 bridgehead atoms. The van der Waals surface area contributed by atoms with Crippen molar-refractivity contribution < 1.29 is 0 Å². The lowest BCUT2D eigenvalue weighted by molar-refractivity contribution is 0.160. The second kappa shape index (κ2) is 12.6. The zero-order chi connectivity index (χ0) is 24.9. The summed E-state index contributed by atoms with van der Waals surface area (Å²) < 4.78 is 0. The molecule has 6 rings (SSSR count). The molecule has 6 heteroatoms. The van der Waals surface area contributed by atoms with Crippen molar-refractivity contribution in [2.75, 3.05) is 13.1 Å². The van der Waals surface area contributed by atoms with Crippen LogP contribution >= 0.6 is 12.4 Å². The topological polar surface area (TPSA) is 53.9 Å². The Bertz CT molecular complexity index is 1340. The second-order valence-electron chi connectivity index (χ2n) is 10.2. The Morgan fingerprint density at radius 1 is 0.816 bits per heavy atom. The Balaban J connectivity index is 0.00000294. The molecule has 0 saturated carbocycles. The molecule has 4 aromatic rings. The maximum absolute atomic E-state index is 4.93. The van der Waals surface area contributed by atoms with Gasteiger partial charge in [-0.3, -0.25) is 19.9 Å². The summed E-state index contributed by atoms with van der Waals surface area (Å²) in [6.45, 7) is 3.74. The van der Waals surface area contributed by atoms with Gasteiger partial charge in [0.05, 0.1) is 23.1 Å². The number of hydrogen-bond acceptors (Lipinski definition) is 5. The van der Waals surface area contributed by atoms with Crippen LogP contribution in [0.3, 0.4) is 0 Å². The van der Waals surface area contributed by atoms with Crippen LogP contribution in [0.4, 0.5) is 0 Å². The largest absolute Gasteiger partial charge is 0.311 e. The quantitative estimate of drug-likeness (QED) is 0.216. The van der Waals surface area contributed by atoms with E-state index in [-0.39, 0.29) is 12.4 Å². The number of halogens is 1. The number of fused-ring (bicyclic) bond motifs is 4. The molecular weight excluding hydrogens is 490 g/mol. The van der Waals surface area contributed by atoms with Crippen molar-refractivity contribution in [3.63, 3.8) is 0 Å². The molecule has 0 fully saturated rings. The van der Waals surface area contributed by atoms with E-state index in [1.54, 1.807) is 0 Å². The summed E-state index contributed by atoms with van der Waals surface area (Å²) in [5, 5.41) is 3.56. The van der Waals surface area contributed by atoms with E-state index in [0.717, 1.165) is 64.0 Å². The van der Waals surface area contributed by atoms with Crippen LogP contribution in [0.2, 0.25) is 0 Å². The fourth-order valence-corrected chi connectivity index (χ4v) is 6.01. The van der Waals surface area contributed by atoms with Crippen LogP contribution in [0.1, 0.15) is 65.5 Å². The highest BCUT2D eigenvalue weighted by Crippen LogP contribution is 2.39. The molecule has 0 aliphatic heterocycles. The fraction of sp³-hybridized carbons (Fsp3) is 0.344. The van der Waals surface area contributed by atoms with E-state index in [2.05, 4.69) is 63.7 Å². The molecule has 1 atom stereocenters. The van der Waals surface area contributed by atoms with Gasteiger partial charge in [-0.25, -0.2) is 0 Å². The SMILES string of the molecule is Cl.c1ccc(CNCCCCN(Cc2nccc3c2Cc2ccccc2-3)C2CCCc3cccnc32)nc1. The second-order valence-corrected chi connectivity index (χ2v) is 10.2. The summed E-state index contributed by atoms with van der Waals surface area (Å²) in [5.74, 6) is 0. The van der Waals surface area contributed by atoms with Gasteiger partial charge in [0.25, 0.3) is 0 Å². The van der Waals surface area contributed by atoms with E-state index in [1.165, 1.54) is 45.6 Å². The lowest BCUT2D eigenvalue weighted by Crippen LogP contribution is -2.33. The average molecular weight is 526 g/mol. The molecule has 2 aliphatic rings. The Hall–Kier alpha value is -3.12. The van der Waals surface area contributed by atoms with Gasteiger partial charge in [0, 0.05) is 38.1 Å². The molecule has 0 amide bonds. The number of pyridine rings is 3. The highest BCUT2D eigenvalue weighted by Gasteiger charge is 2.29. The maximum Gasteiger partial charge on any atom is 0.0607 e. The molecule has 38 heavy (non-hydrogen) atoms. The van der Waals surface area contributed by atoms with E-state index in [9.17, 15) is 0 Å². The molecule has 0 radical (unpaired) electrons. The predicted molar refractivity (Wildman–Crippen MR) is 155 cm³/mol. The summed E-state index contributed by atoms with van der Waals surface area (Å²) in [6.07, 6.45) is 12.6.